The largest absolute Gasteiger partial charge is 0.480 e. The van der Waals surface area contributed by atoms with Crippen LogP contribution in [0.15, 0.2) is 42.6 Å². The van der Waals surface area contributed by atoms with E-state index in [2.05, 4.69) is 10.3 Å². The van der Waals surface area contributed by atoms with E-state index in [0.29, 0.717) is 21.4 Å². The van der Waals surface area contributed by atoms with Crippen molar-refractivity contribution in [3.63, 3.8) is 0 Å². The molecule has 1 heterocycles. The Balaban J connectivity index is 2.08. The SMILES string of the molecule is O=C(CC(Nc1ccc(Cl)cn1)C(=O)O)c1ccc(Cl)cc1. The monoisotopic (exact) mass is 338 g/mol. The minimum absolute atomic E-state index is 0.207. The van der Waals surface area contributed by atoms with Crippen LogP contribution in [0.2, 0.25) is 10.0 Å². The zero-order valence-corrected chi connectivity index (χ0v) is 12.8. The third kappa shape index (κ3) is 4.44. The van der Waals surface area contributed by atoms with Gasteiger partial charge in [-0.1, -0.05) is 23.2 Å². The molecular formula is C15H12Cl2N2O3. The summed E-state index contributed by atoms with van der Waals surface area (Å²) in [6.07, 6.45) is 1.19. The van der Waals surface area contributed by atoms with Crippen LogP contribution in [0, 0.1) is 0 Å². The number of anilines is 1. The van der Waals surface area contributed by atoms with Gasteiger partial charge in [0, 0.05) is 23.2 Å². The number of carbonyl (C=O) groups is 2. The van der Waals surface area contributed by atoms with Crippen molar-refractivity contribution in [2.24, 2.45) is 0 Å². The Labute approximate surface area is 136 Å². The number of carbonyl (C=O) groups excluding carboxylic acids is 1. The summed E-state index contributed by atoms with van der Waals surface area (Å²) < 4.78 is 0. The number of hydrogen-bond donors (Lipinski definition) is 2. The number of nitrogens with one attached hydrogen (secondary N) is 1. The Morgan fingerprint density at radius 1 is 1.09 bits per heavy atom. The van der Waals surface area contributed by atoms with E-state index in [9.17, 15) is 14.7 Å². The van der Waals surface area contributed by atoms with Crippen LogP contribution < -0.4 is 5.32 Å². The molecular weight excluding hydrogens is 327 g/mol. The molecule has 22 heavy (non-hydrogen) atoms. The summed E-state index contributed by atoms with van der Waals surface area (Å²) in [6.45, 7) is 0. The van der Waals surface area contributed by atoms with Crippen LogP contribution in [0.25, 0.3) is 0 Å². The van der Waals surface area contributed by atoms with Crippen molar-refractivity contribution in [1.82, 2.24) is 4.98 Å². The van der Waals surface area contributed by atoms with Gasteiger partial charge in [-0.2, -0.15) is 0 Å². The van der Waals surface area contributed by atoms with E-state index in [-0.39, 0.29) is 12.2 Å². The zero-order chi connectivity index (χ0) is 16.1. The molecule has 0 saturated heterocycles. The Kier molecular flexibility index (Phi) is 5.35. The van der Waals surface area contributed by atoms with Gasteiger partial charge in [0.2, 0.25) is 0 Å². The van der Waals surface area contributed by atoms with E-state index in [0.717, 1.165) is 0 Å². The molecule has 7 heteroatoms. The topological polar surface area (TPSA) is 79.3 Å². The van der Waals surface area contributed by atoms with Crippen LogP contribution in [0.5, 0.6) is 0 Å². The number of aliphatic carboxylic acids is 1. The number of carboxylic acids is 1. The maximum Gasteiger partial charge on any atom is 0.326 e. The first-order valence-electron chi connectivity index (χ1n) is 6.35. The minimum Gasteiger partial charge on any atom is -0.480 e. The number of Topliss-reactive ketones (excluding diaryl/α,β-unsaturated/α-hetero) is 1. The van der Waals surface area contributed by atoms with Gasteiger partial charge in [-0.15, -0.1) is 0 Å². The molecule has 0 fully saturated rings. The van der Waals surface area contributed by atoms with Crippen molar-refractivity contribution in [2.75, 3.05) is 5.32 Å². The molecule has 1 atom stereocenters. The number of ketones is 1. The smallest absolute Gasteiger partial charge is 0.326 e. The van der Waals surface area contributed by atoms with Crippen molar-refractivity contribution in [2.45, 2.75) is 12.5 Å². The summed E-state index contributed by atoms with van der Waals surface area (Å²) in [4.78, 5) is 27.4. The minimum atomic E-state index is -1.14. The Bertz CT molecular complexity index is 672. The van der Waals surface area contributed by atoms with E-state index in [1.807, 2.05) is 0 Å². The van der Waals surface area contributed by atoms with Crippen LogP contribution in [0.3, 0.4) is 0 Å². The van der Waals surface area contributed by atoms with Gasteiger partial charge in [0.15, 0.2) is 5.78 Å². The van der Waals surface area contributed by atoms with E-state index in [1.54, 1.807) is 36.4 Å². The molecule has 2 N–H and O–H groups in total. The summed E-state index contributed by atoms with van der Waals surface area (Å²) in [5.41, 5.74) is 0.404. The van der Waals surface area contributed by atoms with Crippen molar-refractivity contribution in [3.05, 3.63) is 58.2 Å². The molecule has 2 rings (SSSR count). The highest BCUT2D eigenvalue weighted by atomic mass is 35.5. The van der Waals surface area contributed by atoms with Gasteiger partial charge in [0.25, 0.3) is 0 Å². The van der Waals surface area contributed by atoms with Crippen molar-refractivity contribution >= 4 is 40.8 Å². The molecule has 0 radical (unpaired) electrons. The third-order valence-electron chi connectivity index (χ3n) is 2.90. The van der Waals surface area contributed by atoms with Gasteiger partial charge >= 0.3 is 5.97 Å². The molecule has 0 aliphatic heterocycles. The molecule has 0 aliphatic carbocycles. The van der Waals surface area contributed by atoms with Crippen molar-refractivity contribution < 1.29 is 14.7 Å². The molecule has 0 amide bonds. The zero-order valence-electron chi connectivity index (χ0n) is 11.3. The highest BCUT2D eigenvalue weighted by Gasteiger charge is 2.22. The summed E-state index contributed by atoms with van der Waals surface area (Å²) in [5, 5.41) is 12.9. The van der Waals surface area contributed by atoms with Gasteiger partial charge in [0.05, 0.1) is 5.02 Å². The van der Waals surface area contributed by atoms with Crippen LogP contribution in [-0.2, 0) is 4.79 Å². The van der Waals surface area contributed by atoms with E-state index < -0.39 is 12.0 Å². The molecule has 1 aromatic carbocycles. The highest BCUT2D eigenvalue weighted by molar-refractivity contribution is 6.30. The number of rotatable bonds is 6. The number of benzene rings is 1. The summed E-state index contributed by atoms with van der Waals surface area (Å²) in [6, 6.07) is 8.32. The van der Waals surface area contributed by atoms with E-state index in [4.69, 9.17) is 23.2 Å². The normalized spacial score (nSPS) is 11.7. The van der Waals surface area contributed by atoms with Crippen LogP contribution in [-0.4, -0.2) is 27.9 Å². The molecule has 5 nitrogen and oxygen atoms in total. The fourth-order valence-corrected chi connectivity index (χ4v) is 2.02. The molecule has 0 bridgehead atoms. The maximum atomic E-state index is 12.1. The maximum absolute atomic E-state index is 12.1. The number of aromatic nitrogens is 1. The van der Waals surface area contributed by atoms with E-state index in [1.165, 1.54) is 6.20 Å². The molecule has 2 aromatic rings. The van der Waals surface area contributed by atoms with Crippen LogP contribution in [0.1, 0.15) is 16.8 Å². The quantitative estimate of drug-likeness (QED) is 0.787. The Morgan fingerprint density at radius 2 is 1.73 bits per heavy atom. The molecule has 114 valence electrons. The lowest BCUT2D eigenvalue weighted by Gasteiger charge is -2.14. The number of pyridine rings is 1. The number of carboxylic acid groups (broad SMARTS) is 1. The van der Waals surface area contributed by atoms with Gasteiger partial charge in [0.1, 0.15) is 11.9 Å². The molecule has 1 unspecified atom stereocenters. The van der Waals surface area contributed by atoms with Gasteiger partial charge in [-0.3, -0.25) is 4.79 Å². The lowest BCUT2D eigenvalue weighted by atomic mass is 10.0. The average Bonchev–Trinajstić information content (AvgIpc) is 2.49. The van der Waals surface area contributed by atoms with Crippen molar-refractivity contribution in [1.29, 1.82) is 0 Å². The first kappa shape index (κ1) is 16.3. The lowest BCUT2D eigenvalue weighted by molar-refractivity contribution is -0.137. The van der Waals surface area contributed by atoms with Gasteiger partial charge in [-0.25, -0.2) is 9.78 Å². The first-order valence-corrected chi connectivity index (χ1v) is 7.11. The fraction of sp³-hybridized carbons (Fsp3) is 0.133. The first-order chi connectivity index (χ1) is 10.5. The van der Waals surface area contributed by atoms with Gasteiger partial charge < -0.3 is 10.4 Å². The fourth-order valence-electron chi connectivity index (χ4n) is 1.78. The van der Waals surface area contributed by atoms with Crippen molar-refractivity contribution in [3.8, 4) is 0 Å². The number of nitrogens with zero attached hydrogens (tertiary/aromatic N) is 1. The molecule has 1 aromatic heterocycles. The molecule has 0 spiro atoms. The van der Waals surface area contributed by atoms with Crippen LogP contribution >= 0.6 is 23.2 Å². The highest BCUT2D eigenvalue weighted by Crippen LogP contribution is 2.15. The number of halogens is 2. The third-order valence-corrected chi connectivity index (χ3v) is 3.38. The molecule has 0 aliphatic rings. The predicted octanol–water partition coefficient (Wildman–Crippen LogP) is 3.53. The number of hydrogen-bond acceptors (Lipinski definition) is 4. The summed E-state index contributed by atoms with van der Waals surface area (Å²) in [7, 11) is 0. The summed E-state index contributed by atoms with van der Waals surface area (Å²) >= 11 is 11.5. The predicted molar refractivity (Wildman–Crippen MR) is 84.7 cm³/mol. The second kappa shape index (κ2) is 7.24. The lowest BCUT2D eigenvalue weighted by Crippen LogP contribution is -2.32. The van der Waals surface area contributed by atoms with Gasteiger partial charge in [-0.05, 0) is 36.4 Å². The van der Waals surface area contributed by atoms with E-state index >= 15 is 0 Å². The molecule has 0 saturated carbocycles. The average molecular weight is 339 g/mol. The van der Waals surface area contributed by atoms with Crippen LogP contribution in [0.4, 0.5) is 5.82 Å². The Hall–Kier alpha value is -2.11. The second-order valence-corrected chi connectivity index (χ2v) is 5.40. The Morgan fingerprint density at radius 3 is 2.27 bits per heavy atom. The summed E-state index contributed by atoms with van der Waals surface area (Å²) in [5.74, 6) is -1.11. The standard InChI is InChI=1S/C15H12Cl2N2O3/c16-10-3-1-9(2-4-10)13(20)7-12(15(21)22)19-14-6-5-11(17)8-18-14/h1-6,8,12H,7H2,(H,18,19)(H,21,22). The second-order valence-electron chi connectivity index (χ2n) is 4.53.